The number of ether oxygens (including phenoxy) is 3. The van der Waals surface area contributed by atoms with E-state index < -0.39 is 23.8 Å². The van der Waals surface area contributed by atoms with E-state index in [1.54, 1.807) is 38.2 Å². The number of hydrogen-bond acceptors (Lipinski definition) is 8. The lowest BCUT2D eigenvalue weighted by Gasteiger charge is -2.14. The van der Waals surface area contributed by atoms with Crippen LogP contribution in [0.5, 0.6) is 11.6 Å². The van der Waals surface area contributed by atoms with Gasteiger partial charge in [-0.3, -0.25) is 9.78 Å². The monoisotopic (exact) mass is 423 g/mol. The molecule has 0 aromatic carbocycles. The highest BCUT2D eigenvalue weighted by molar-refractivity contribution is 6.04. The van der Waals surface area contributed by atoms with Crippen molar-refractivity contribution in [3.8, 4) is 11.6 Å². The van der Waals surface area contributed by atoms with Gasteiger partial charge in [0.1, 0.15) is 11.3 Å². The van der Waals surface area contributed by atoms with Gasteiger partial charge >= 0.3 is 11.9 Å². The second-order valence-corrected chi connectivity index (χ2v) is 6.68. The average Bonchev–Trinajstić information content (AvgIpc) is 3.07. The number of aryl methyl sites for hydroxylation is 1. The Balaban J connectivity index is 1.79. The van der Waals surface area contributed by atoms with Crippen molar-refractivity contribution in [2.45, 2.75) is 26.9 Å². The van der Waals surface area contributed by atoms with Crippen LogP contribution in [0.1, 0.15) is 49.4 Å². The first-order chi connectivity index (χ1) is 14.8. The standard InChI is InChI=1S/C22H21N3O6/c1-12-17(22(28)29-4)13(2)25-18(12)19(26)14(3)30-21(27)16-8-6-10-24-20(16)31-15-7-5-9-23-11-15/h5-11,14,25H,1-4H3. The third-order valence-corrected chi connectivity index (χ3v) is 4.57. The molecular formula is C22H21N3O6. The van der Waals surface area contributed by atoms with Gasteiger partial charge in [0.2, 0.25) is 11.7 Å². The van der Waals surface area contributed by atoms with E-state index in [-0.39, 0.29) is 22.7 Å². The number of H-pyrrole nitrogens is 1. The van der Waals surface area contributed by atoms with Gasteiger partial charge in [0.15, 0.2) is 6.10 Å². The summed E-state index contributed by atoms with van der Waals surface area (Å²) in [5.41, 5.74) is 1.44. The number of esters is 2. The van der Waals surface area contributed by atoms with Crippen LogP contribution in [-0.4, -0.2) is 45.9 Å². The normalized spacial score (nSPS) is 11.5. The molecule has 9 nitrogen and oxygen atoms in total. The lowest BCUT2D eigenvalue weighted by atomic mass is 10.1. The van der Waals surface area contributed by atoms with E-state index in [2.05, 4.69) is 15.0 Å². The summed E-state index contributed by atoms with van der Waals surface area (Å²) in [6.07, 6.45) is 3.41. The number of nitrogens with one attached hydrogen (secondary N) is 1. The number of aromatic nitrogens is 3. The van der Waals surface area contributed by atoms with Gasteiger partial charge in [-0.25, -0.2) is 14.6 Å². The first-order valence-corrected chi connectivity index (χ1v) is 9.39. The van der Waals surface area contributed by atoms with Gasteiger partial charge in [-0.15, -0.1) is 0 Å². The highest BCUT2D eigenvalue weighted by Gasteiger charge is 2.28. The molecule has 0 aliphatic heterocycles. The minimum Gasteiger partial charge on any atom is -0.465 e. The number of ketones is 1. The molecule has 3 rings (SSSR count). The SMILES string of the molecule is COC(=O)c1c(C)[nH]c(C(=O)C(C)OC(=O)c2cccnc2Oc2cccnc2)c1C. The van der Waals surface area contributed by atoms with Crippen molar-refractivity contribution in [2.24, 2.45) is 0 Å². The molecule has 3 aromatic heterocycles. The highest BCUT2D eigenvalue weighted by atomic mass is 16.5. The Morgan fingerprint density at radius 1 is 1.06 bits per heavy atom. The summed E-state index contributed by atoms with van der Waals surface area (Å²) in [7, 11) is 1.26. The number of nitrogens with zero attached hydrogens (tertiary/aromatic N) is 2. The fraction of sp³-hybridized carbons (Fsp3) is 0.227. The van der Waals surface area contributed by atoms with Gasteiger partial charge < -0.3 is 19.2 Å². The molecule has 3 aromatic rings. The molecule has 31 heavy (non-hydrogen) atoms. The lowest BCUT2D eigenvalue weighted by Crippen LogP contribution is -2.25. The Kier molecular flexibility index (Phi) is 6.44. The van der Waals surface area contributed by atoms with Gasteiger partial charge in [0.25, 0.3) is 0 Å². The molecule has 1 atom stereocenters. The largest absolute Gasteiger partial charge is 0.465 e. The van der Waals surface area contributed by atoms with E-state index in [0.29, 0.717) is 17.0 Å². The van der Waals surface area contributed by atoms with Gasteiger partial charge in [-0.1, -0.05) is 0 Å². The number of methoxy groups -OCH3 is 1. The van der Waals surface area contributed by atoms with E-state index in [1.807, 2.05) is 0 Å². The molecule has 0 saturated heterocycles. The molecule has 0 bridgehead atoms. The summed E-state index contributed by atoms with van der Waals surface area (Å²) in [6.45, 7) is 4.73. The van der Waals surface area contributed by atoms with Gasteiger partial charge in [-0.2, -0.15) is 0 Å². The zero-order valence-electron chi connectivity index (χ0n) is 17.5. The predicted octanol–water partition coefficient (Wildman–Crippen LogP) is 3.43. The lowest BCUT2D eigenvalue weighted by molar-refractivity contribution is 0.0313. The number of pyridine rings is 2. The van der Waals surface area contributed by atoms with Crippen LogP contribution >= 0.6 is 0 Å². The number of aromatic amines is 1. The molecule has 1 N–H and O–H groups in total. The van der Waals surface area contributed by atoms with Crippen LogP contribution in [0.4, 0.5) is 0 Å². The summed E-state index contributed by atoms with van der Waals surface area (Å²) in [6, 6.07) is 6.39. The van der Waals surface area contributed by atoms with Gasteiger partial charge in [-0.05, 0) is 50.6 Å². The third kappa shape index (κ3) is 4.61. The van der Waals surface area contributed by atoms with Crippen molar-refractivity contribution in [1.82, 2.24) is 15.0 Å². The minimum absolute atomic E-state index is 0.0278. The molecule has 0 aliphatic rings. The van der Waals surface area contributed by atoms with Gasteiger partial charge in [0.05, 0.1) is 24.6 Å². The van der Waals surface area contributed by atoms with E-state index >= 15 is 0 Å². The van der Waals surface area contributed by atoms with Gasteiger partial charge in [0, 0.05) is 18.1 Å². The molecule has 0 aliphatic carbocycles. The molecule has 0 radical (unpaired) electrons. The van der Waals surface area contributed by atoms with Crippen LogP contribution in [0, 0.1) is 13.8 Å². The second-order valence-electron chi connectivity index (χ2n) is 6.68. The summed E-state index contributed by atoms with van der Waals surface area (Å²) < 4.78 is 15.7. The molecule has 0 fully saturated rings. The maximum absolute atomic E-state index is 12.9. The Labute approximate surface area is 178 Å². The third-order valence-electron chi connectivity index (χ3n) is 4.57. The summed E-state index contributed by atoms with van der Waals surface area (Å²) in [5, 5.41) is 0. The molecule has 1 unspecified atom stereocenters. The molecule has 0 saturated carbocycles. The van der Waals surface area contributed by atoms with Crippen molar-refractivity contribution in [3.05, 3.63) is 70.9 Å². The predicted molar refractivity (Wildman–Crippen MR) is 109 cm³/mol. The number of hydrogen-bond donors (Lipinski definition) is 1. The number of carbonyl (C=O) groups is 3. The van der Waals surface area contributed by atoms with Crippen LogP contribution in [0.15, 0.2) is 42.9 Å². The quantitative estimate of drug-likeness (QED) is 0.453. The Morgan fingerprint density at radius 3 is 2.48 bits per heavy atom. The van der Waals surface area contributed by atoms with Crippen molar-refractivity contribution >= 4 is 17.7 Å². The Bertz CT molecular complexity index is 1120. The van der Waals surface area contributed by atoms with Crippen LogP contribution in [0.2, 0.25) is 0 Å². The number of rotatable bonds is 7. The van der Waals surface area contributed by atoms with Crippen molar-refractivity contribution in [1.29, 1.82) is 0 Å². The van der Waals surface area contributed by atoms with E-state index in [1.165, 1.54) is 32.5 Å². The molecule has 0 amide bonds. The van der Waals surface area contributed by atoms with Crippen molar-refractivity contribution in [3.63, 3.8) is 0 Å². The molecule has 160 valence electrons. The molecular weight excluding hydrogens is 402 g/mol. The van der Waals surface area contributed by atoms with Crippen LogP contribution in [-0.2, 0) is 9.47 Å². The summed E-state index contributed by atoms with van der Waals surface area (Å²) >= 11 is 0. The van der Waals surface area contributed by atoms with Crippen molar-refractivity contribution < 1.29 is 28.6 Å². The Hall–Kier alpha value is -4.01. The molecule has 9 heteroatoms. The Morgan fingerprint density at radius 2 is 1.81 bits per heavy atom. The molecule has 3 heterocycles. The number of carbonyl (C=O) groups excluding carboxylic acids is 3. The first kappa shape index (κ1) is 21.7. The minimum atomic E-state index is -1.12. The van der Waals surface area contributed by atoms with E-state index in [4.69, 9.17) is 14.2 Å². The smallest absolute Gasteiger partial charge is 0.344 e. The average molecular weight is 423 g/mol. The number of Topliss-reactive ketones (excluding diaryl/α,β-unsaturated/α-hetero) is 1. The fourth-order valence-electron chi connectivity index (χ4n) is 3.03. The van der Waals surface area contributed by atoms with Crippen molar-refractivity contribution in [2.75, 3.05) is 7.11 Å². The maximum Gasteiger partial charge on any atom is 0.344 e. The topological polar surface area (TPSA) is 120 Å². The summed E-state index contributed by atoms with van der Waals surface area (Å²) in [5.74, 6) is -1.39. The van der Waals surface area contributed by atoms with Crippen LogP contribution < -0.4 is 4.74 Å². The van der Waals surface area contributed by atoms with E-state index in [0.717, 1.165) is 0 Å². The summed E-state index contributed by atoms with van der Waals surface area (Å²) in [4.78, 5) is 48.4. The second kappa shape index (κ2) is 9.21. The maximum atomic E-state index is 12.9. The zero-order chi connectivity index (χ0) is 22.5. The zero-order valence-corrected chi connectivity index (χ0v) is 17.5. The fourth-order valence-corrected chi connectivity index (χ4v) is 3.03. The highest BCUT2D eigenvalue weighted by Crippen LogP contribution is 2.24. The first-order valence-electron chi connectivity index (χ1n) is 9.39. The van der Waals surface area contributed by atoms with E-state index in [9.17, 15) is 14.4 Å². The van der Waals surface area contributed by atoms with Crippen LogP contribution in [0.3, 0.4) is 0 Å². The van der Waals surface area contributed by atoms with Crippen LogP contribution in [0.25, 0.3) is 0 Å². The molecule has 0 spiro atoms.